The third-order valence-corrected chi connectivity index (χ3v) is 5.21. The molecule has 0 saturated heterocycles. The molecule has 1 atom stereocenters. The highest BCUT2D eigenvalue weighted by Gasteiger charge is 2.25. The molecule has 26 heavy (non-hydrogen) atoms. The van der Waals surface area contributed by atoms with Gasteiger partial charge in [-0.1, -0.05) is 20.8 Å². The topological polar surface area (TPSA) is 122 Å². The second-order valence-electron chi connectivity index (χ2n) is 7.04. The lowest BCUT2D eigenvalue weighted by Gasteiger charge is -2.21. The van der Waals surface area contributed by atoms with Crippen LogP contribution < -0.4 is 14.8 Å². The fraction of sp³-hybridized carbons (Fsp3) is 0.529. The van der Waals surface area contributed by atoms with Gasteiger partial charge >= 0.3 is 5.97 Å². The molecule has 0 fully saturated rings. The van der Waals surface area contributed by atoms with Crippen LogP contribution in [-0.2, 0) is 14.8 Å². The van der Waals surface area contributed by atoms with E-state index in [4.69, 9.17) is 4.74 Å². The third kappa shape index (κ3) is 5.99. The summed E-state index contributed by atoms with van der Waals surface area (Å²) in [5.74, 6) is -1.72. The Bertz CT molecular complexity index is 768. The number of carbonyl (C=O) groups is 2. The first-order valence-corrected chi connectivity index (χ1v) is 9.55. The summed E-state index contributed by atoms with van der Waals surface area (Å²) in [6.07, 6.45) is 0.870. The van der Waals surface area contributed by atoms with Crippen LogP contribution in [0.2, 0.25) is 0 Å². The Hall–Kier alpha value is -2.13. The minimum absolute atomic E-state index is 0.0293. The van der Waals surface area contributed by atoms with E-state index in [0.717, 1.165) is 6.07 Å². The number of amides is 1. The largest absolute Gasteiger partial charge is 0.495 e. The maximum absolute atomic E-state index is 12.4. The predicted octanol–water partition coefficient (Wildman–Crippen LogP) is 1.61. The van der Waals surface area contributed by atoms with Gasteiger partial charge in [0.1, 0.15) is 16.7 Å². The first-order chi connectivity index (χ1) is 11.9. The van der Waals surface area contributed by atoms with Gasteiger partial charge in [-0.25, -0.2) is 17.9 Å². The normalized spacial score (nSPS) is 13.1. The second kappa shape index (κ2) is 8.50. The van der Waals surface area contributed by atoms with Crippen molar-refractivity contribution in [3.05, 3.63) is 23.8 Å². The molecule has 0 saturated carbocycles. The van der Waals surface area contributed by atoms with Gasteiger partial charge in [0.05, 0.1) is 7.11 Å². The Kier molecular flexibility index (Phi) is 7.16. The van der Waals surface area contributed by atoms with Crippen LogP contribution in [0.5, 0.6) is 5.75 Å². The molecule has 1 unspecified atom stereocenters. The van der Waals surface area contributed by atoms with Crippen molar-refractivity contribution in [1.82, 2.24) is 10.0 Å². The Balaban J connectivity index is 3.09. The van der Waals surface area contributed by atoms with Gasteiger partial charge in [0, 0.05) is 5.56 Å². The highest BCUT2D eigenvalue weighted by Crippen LogP contribution is 2.25. The molecule has 0 bridgehead atoms. The Morgan fingerprint density at radius 2 is 1.88 bits per heavy atom. The summed E-state index contributed by atoms with van der Waals surface area (Å²) in [5.41, 5.74) is -0.0475. The van der Waals surface area contributed by atoms with Gasteiger partial charge in [0.2, 0.25) is 10.0 Å². The molecule has 1 amide bonds. The fourth-order valence-electron chi connectivity index (χ4n) is 2.21. The Morgan fingerprint density at radius 1 is 1.27 bits per heavy atom. The van der Waals surface area contributed by atoms with Gasteiger partial charge < -0.3 is 15.2 Å². The lowest BCUT2D eigenvalue weighted by atomic mass is 9.88. The molecule has 0 aromatic heterocycles. The lowest BCUT2D eigenvalue weighted by molar-refractivity contribution is -0.139. The molecule has 0 aliphatic carbocycles. The van der Waals surface area contributed by atoms with Crippen molar-refractivity contribution in [3.63, 3.8) is 0 Å². The minimum atomic E-state index is -3.84. The smallest absolute Gasteiger partial charge is 0.326 e. The molecular formula is C17H26N2O6S. The average Bonchev–Trinajstić information content (AvgIpc) is 2.56. The average molecular weight is 386 g/mol. The number of carboxylic acid groups (broad SMARTS) is 1. The summed E-state index contributed by atoms with van der Waals surface area (Å²) >= 11 is 0. The van der Waals surface area contributed by atoms with Gasteiger partial charge in [-0.15, -0.1) is 0 Å². The summed E-state index contributed by atoms with van der Waals surface area (Å²) in [7, 11) is -1.28. The number of ether oxygens (including phenoxy) is 1. The number of carboxylic acids is 1. The number of hydrogen-bond donors (Lipinski definition) is 3. The molecule has 0 spiro atoms. The van der Waals surface area contributed by atoms with Gasteiger partial charge in [-0.05, 0) is 43.5 Å². The molecular weight excluding hydrogens is 360 g/mol. The maximum atomic E-state index is 12.4. The first kappa shape index (κ1) is 21.9. The molecule has 146 valence electrons. The zero-order chi connectivity index (χ0) is 20.1. The van der Waals surface area contributed by atoms with Crippen molar-refractivity contribution in [2.45, 2.75) is 44.6 Å². The van der Waals surface area contributed by atoms with Crippen molar-refractivity contribution in [2.75, 3.05) is 14.2 Å². The number of methoxy groups -OCH3 is 1. The molecule has 1 aromatic carbocycles. The van der Waals surface area contributed by atoms with E-state index in [0.29, 0.717) is 6.42 Å². The molecule has 9 heteroatoms. The number of nitrogens with one attached hydrogen (secondary N) is 2. The number of hydrogen-bond acceptors (Lipinski definition) is 5. The zero-order valence-corrected chi connectivity index (χ0v) is 16.4. The summed E-state index contributed by atoms with van der Waals surface area (Å²) in [6.45, 7) is 5.93. The standard InChI is InChI=1S/C17H26N2O6S/c1-17(2,3)9-8-12(16(21)22)19-15(20)11-6-7-13(25-5)14(10-11)26(23,24)18-4/h6-7,10,12,18H,8-9H2,1-5H3,(H,19,20)(H,21,22). The van der Waals surface area contributed by atoms with Crippen molar-refractivity contribution in [3.8, 4) is 5.75 Å². The van der Waals surface area contributed by atoms with Crippen LogP contribution in [-0.4, -0.2) is 45.6 Å². The molecule has 0 heterocycles. The van der Waals surface area contributed by atoms with Crippen LogP contribution in [0.1, 0.15) is 44.0 Å². The molecule has 1 rings (SSSR count). The van der Waals surface area contributed by atoms with Crippen LogP contribution in [0, 0.1) is 5.41 Å². The number of rotatable bonds is 8. The van der Waals surface area contributed by atoms with Gasteiger partial charge in [-0.2, -0.15) is 0 Å². The summed E-state index contributed by atoms with van der Waals surface area (Å²) in [4.78, 5) is 23.6. The highest BCUT2D eigenvalue weighted by atomic mass is 32.2. The number of aliphatic carboxylic acids is 1. The summed E-state index contributed by atoms with van der Waals surface area (Å²) in [5, 5.41) is 11.8. The monoisotopic (exact) mass is 386 g/mol. The lowest BCUT2D eigenvalue weighted by Crippen LogP contribution is -2.41. The number of sulfonamides is 1. The quantitative estimate of drug-likeness (QED) is 0.624. The van der Waals surface area contributed by atoms with Crippen LogP contribution in [0.25, 0.3) is 0 Å². The van der Waals surface area contributed by atoms with Crippen molar-refractivity contribution in [2.24, 2.45) is 5.41 Å². The highest BCUT2D eigenvalue weighted by molar-refractivity contribution is 7.89. The van der Waals surface area contributed by atoms with Gasteiger partial charge in [-0.3, -0.25) is 4.79 Å². The third-order valence-electron chi connectivity index (χ3n) is 3.77. The molecule has 0 aliphatic rings. The molecule has 1 aromatic rings. The Morgan fingerprint density at radius 3 is 2.35 bits per heavy atom. The van der Waals surface area contributed by atoms with Crippen molar-refractivity contribution >= 4 is 21.9 Å². The summed E-state index contributed by atoms with van der Waals surface area (Å²) in [6, 6.07) is 2.83. The van der Waals surface area contributed by atoms with E-state index in [9.17, 15) is 23.1 Å². The van der Waals surface area contributed by atoms with E-state index in [1.807, 2.05) is 20.8 Å². The molecule has 0 radical (unpaired) electrons. The van der Waals surface area contributed by atoms with E-state index in [2.05, 4.69) is 10.0 Å². The van der Waals surface area contributed by atoms with E-state index in [-0.39, 0.29) is 28.0 Å². The van der Waals surface area contributed by atoms with E-state index >= 15 is 0 Å². The minimum Gasteiger partial charge on any atom is -0.495 e. The van der Waals surface area contributed by atoms with E-state index in [1.54, 1.807) is 0 Å². The number of carbonyl (C=O) groups excluding carboxylic acids is 1. The summed E-state index contributed by atoms with van der Waals surface area (Å²) < 4.78 is 31.3. The van der Waals surface area contributed by atoms with Gasteiger partial charge in [0.15, 0.2) is 0 Å². The van der Waals surface area contributed by atoms with E-state index < -0.39 is 27.9 Å². The number of benzene rings is 1. The Labute approximate surface area is 154 Å². The van der Waals surface area contributed by atoms with Crippen LogP contribution in [0.4, 0.5) is 0 Å². The van der Waals surface area contributed by atoms with Crippen molar-refractivity contribution in [1.29, 1.82) is 0 Å². The van der Waals surface area contributed by atoms with Gasteiger partial charge in [0.25, 0.3) is 5.91 Å². The van der Waals surface area contributed by atoms with Crippen LogP contribution in [0.3, 0.4) is 0 Å². The second-order valence-corrected chi connectivity index (χ2v) is 8.89. The maximum Gasteiger partial charge on any atom is 0.326 e. The first-order valence-electron chi connectivity index (χ1n) is 8.06. The van der Waals surface area contributed by atoms with E-state index in [1.165, 1.54) is 26.3 Å². The SMILES string of the molecule is CNS(=O)(=O)c1cc(C(=O)NC(CCC(C)(C)C)C(=O)O)ccc1OC. The fourth-order valence-corrected chi connectivity index (χ4v) is 3.13. The van der Waals surface area contributed by atoms with Crippen molar-refractivity contribution < 1.29 is 27.9 Å². The zero-order valence-electron chi connectivity index (χ0n) is 15.6. The van der Waals surface area contributed by atoms with Crippen LogP contribution in [0.15, 0.2) is 23.1 Å². The van der Waals surface area contributed by atoms with Crippen LogP contribution >= 0.6 is 0 Å². The molecule has 0 aliphatic heterocycles. The molecule has 8 nitrogen and oxygen atoms in total. The molecule has 3 N–H and O–H groups in total. The predicted molar refractivity (Wildman–Crippen MR) is 96.8 cm³/mol.